The van der Waals surface area contributed by atoms with E-state index in [1.54, 1.807) is 0 Å². The summed E-state index contributed by atoms with van der Waals surface area (Å²) in [4.78, 5) is 15.3. The third kappa shape index (κ3) is 1.69. The Bertz CT molecular complexity index is 348. The molecule has 1 rings (SSSR count). The van der Waals surface area contributed by atoms with Crippen LogP contribution in [0.15, 0.2) is 15.6 Å². The summed E-state index contributed by atoms with van der Waals surface area (Å²) < 4.78 is 1.83. The van der Waals surface area contributed by atoms with E-state index in [1.807, 2.05) is 13.8 Å². The van der Waals surface area contributed by atoms with Gasteiger partial charge in [-0.25, -0.2) is 4.98 Å². The van der Waals surface area contributed by atoms with Gasteiger partial charge in [0, 0.05) is 6.04 Å². The smallest absolute Gasteiger partial charge is 0.269 e. The van der Waals surface area contributed by atoms with Crippen LogP contribution in [0.3, 0.4) is 0 Å². The van der Waals surface area contributed by atoms with Crippen LogP contribution in [0.25, 0.3) is 0 Å². The zero-order chi connectivity index (χ0) is 9.30. The Balaban J connectivity index is 3.37. The van der Waals surface area contributed by atoms with Crippen molar-refractivity contribution in [3.05, 3.63) is 26.3 Å². The van der Waals surface area contributed by atoms with E-state index in [4.69, 9.17) is 11.6 Å². The van der Waals surface area contributed by atoms with Crippen molar-refractivity contribution in [3.8, 4) is 0 Å². The lowest BCUT2D eigenvalue weighted by Crippen LogP contribution is -2.22. The second kappa shape index (κ2) is 3.58. The average Bonchev–Trinajstić information content (AvgIpc) is 2.00. The molecule has 0 aliphatic carbocycles. The van der Waals surface area contributed by atoms with Crippen molar-refractivity contribution in [2.45, 2.75) is 19.9 Å². The van der Waals surface area contributed by atoms with Gasteiger partial charge in [0.25, 0.3) is 5.56 Å². The van der Waals surface area contributed by atoms with E-state index in [1.165, 1.54) is 10.9 Å². The summed E-state index contributed by atoms with van der Waals surface area (Å²) in [7, 11) is 0. The molecule has 0 aliphatic rings. The summed E-state index contributed by atoms with van der Waals surface area (Å²) in [6.45, 7) is 3.81. The monoisotopic (exact) mass is 250 g/mol. The van der Waals surface area contributed by atoms with E-state index < -0.39 is 0 Å². The van der Waals surface area contributed by atoms with E-state index in [0.717, 1.165) is 0 Å². The quantitative estimate of drug-likeness (QED) is 0.718. The Morgan fingerprint density at radius 2 is 2.25 bits per heavy atom. The van der Waals surface area contributed by atoms with Gasteiger partial charge in [-0.2, -0.15) is 0 Å². The van der Waals surface area contributed by atoms with Crippen LogP contribution >= 0.6 is 27.5 Å². The first kappa shape index (κ1) is 9.74. The highest BCUT2D eigenvalue weighted by Gasteiger charge is 2.08. The lowest BCUT2D eigenvalue weighted by atomic mass is 10.4. The van der Waals surface area contributed by atoms with E-state index in [9.17, 15) is 4.79 Å². The summed E-state index contributed by atoms with van der Waals surface area (Å²) in [6.07, 6.45) is 1.44. The molecule has 1 aromatic heterocycles. The number of nitrogens with zero attached hydrogens (tertiary/aromatic N) is 2. The minimum Gasteiger partial charge on any atom is -0.296 e. The highest BCUT2D eigenvalue weighted by Crippen LogP contribution is 2.14. The van der Waals surface area contributed by atoms with Crippen LogP contribution in [0.1, 0.15) is 19.9 Å². The van der Waals surface area contributed by atoms with Crippen LogP contribution in [0, 0.1) is 0 Å². The van der Waals surface area contributed by atoms with Gasteiger partial charge in [-0.15, -0.1) is 0 Å². The first-order valence-corrected chi connectivity index (χ1v) is 4.63. The molecule has 5 heteroatoms. The van der Waals surface area contributed by atoms with Gasteiger partial charge in [0.2, 0.25) is 0 Å². The topological polar surface area (TPSA) is 34.9 Å². The molecule has 3 nitrogen and oxygen atoms in total. The molecule has 0 spiro atoms. The maximum Gasteiger partial charge on any atom is 0.269 e. The van der Waals surface area contributed by atoms with Gasteiger partial charge < -0.3 is 0 Å². The standard InChI is InChI=1S/C7H8BrClN2O/c1-4(2)11-3-10-6(9)5(8)7(11)12/h3-4H,1-2H3. The molecule has 0 saturated carbocycles. The lowest BCUT2D eigenvalue weighted by molar-refractivity contribution is 0.565. The van der Waals surface area contributed by atoms with Gasteiger partial charge in [0.05, 0.1) is 6.33 Å². The molecule has 0 fully saturated rings. The van der Waals surface area contributed by atoms with Gasteiger partial charge in [-0.1, -0.05) is 11.6 Å². The lowest BCUT2D eigenvalue weighted by Gasteiger charge is -2.08. The highest BCUT2D eigenvalue weighted by atomic mass is 79.9. The zero-order valence-corrected chi connectivity index (χ0v) is 9.06. The average molecular weight is 252 g/mol. The van der Waals surface area contributed by atoms with Crippen molar-refractivity contribution in [1.82, 2.24) is 9.55 Å². The molecule has 0 unspecified atom stereocenters. The first-order chi connectivity index (χ1) is 5.54. The van der Waals surface area contributed by atoms with Gasteiger partial charge in [-0.3, -0.25) is 9.36 Å². The number of hydrogen-bond acceptors (Lipinski definition) is 2. The summed E-state index contributed by atoms with van der Waals surface area (Å²) in [5.41, 5.74) is -0.148. The van der Waals surface area contributed by atoms with E-state index in [-0.39, 0.29) is 16.8 Å². The van der Waals surface area contributed by atoms with Gasteiger partial charge in [0.15, 0.2) is 5.15 Å². The minimum absolute atomic E-state index is 0.0959. The molecule has 0 atom stereocenters. The summed E-state index contributed by atoms with van der Waals surface area (Å²) >= 11 is 8.69. The van der Waals surface area contributed by atoms with Crippen LogP contribution < -0.4 is 5.56 Å². The molecule has 0 aromatic carbocycles. The van der Waals surface area contributed by atoms with Gasteiger partial charge >= 0.3 is 0 Å². The molecule has 1 aromatic rings. The molecule has 0 N–H and O–H groups in total. The molecular weight excluding hydrogens is 243 g/mol. The first-order valence-electron chi connectivity index (χ1n) is 3.46. The summed E-state index contributed by atoms with van der Waals surface area (Å²) in [5, 5.41) is 0.205. The number of halogens is 2. The fraction of sp³-hybridized carbons (Fsp3) is 0.429. The van der Waals surface area contributed by atoms with E-state index in [0.29, 0.717) is 4.47 Å². The second-order valence-electron chi connectivity index (χ2n) is 2.66. The molecule has 0 saturated heterocycles. The molecule has 0 aliphatic heterocycles. The second-order valence-corrected chi connectivity index (χ2v) is 3.81. The fourth-order valence-electron chi connectivity index (χ4n) is 0.791. The molecule has 0 bridgehead atoms. The predicted molar refractivity (Wildman–Crippen MR) is 51.6 cm³/mol. The van der Waals surface area contributed by atoms with Crippen molar-refractivity contribution >= 4 is 27.5 Å². The van der Waals surface area contributed by atoms with E-state index >= 15 is 0 Å². The summed E-state index contributed by atoms with van der Waals surface area (Å²) in [6, 6.07) is 0.0959. The Labute approximate surface area is 83.5 Å². The third-order valence-electron chi connectivity index (χ3n) is 1.46. The Kier molecular flexibility index (Phi) is 2.90. The molecule has 0 amide bonds. The largest absolute Gasteiger partial charge is 0.296 e. The van der Waals surface area contributed by atoms with Crippen molar-refractivity contribution in [3.63, 3.8) is 0 Å². The van der Waals surface area contributed by atoms with E-state index in [2.05, 4.69) is 20.9 Å². The molecule has 1 heterocycles. The zero-order valence-electron chi connectivity index (χ0n) is 6.71. The van der Waals surface area contributed by atoms with Gasteiger partial charge in [0.1, 0.15) is 4.47 Å². The SMILES string of the molecule is CC(C)n1cnc(Cl)c(Br)c1=O. The third-order valence-corrected chi connectivity index (χ3v) is 2.68. The van der Waals surface area contributed by atoms with Crippen LogP contribution in [0.5, 0.6) is 0 Å². The van der Waals surface area contributed by atoms with Crippen molar-refractivity contribution < 1.29 is 0 Å². The Hall–Kier alpha value is -0.350. The minimum atomic E-state index is -0.148. The predicted octanol–water partition coefficient (Wildman–Crippen LogP) is 2.24. The number of rotatable bonds is 1. The van der Waals surface area contributed by atoms with Crippen LogP contribution in [0.4, 0.5) is 0 Å². The van der Waals surface area contributed by atoms with Gasteiger partial charge in [-0.05, 0) is 29.8 Å². The molecule has 12 heavy (non-hydrogen) atoms. The normalized spacial score (nSPS) is 10.8. The maximum absolute atomic E-state index is 11.4. The molecule has 66 valence electrons. The van der Waals surface area contributed by atoms with Crippen molar-refractivity contribution in [2.24, 2.45) is 0 Å². The van der Waals surface area contributed by atoms with Crippen LogP contribution in [-0.2, 0) is 0 Å². The fourth-order valence-corrected chi connectivity index (χ4v) is 1.22. The van der Waals surface area contributed by atoms with Crippen molar-refractivity contribution in [2.75, 3.05) is 0 Å². The molecule has 0 radical (unpaired) electrons. The highest BCUT2D eigenvalue weighted by molar-refractivity contribution is 9.10. The Morgan fingerprint density at radius 3 is 2.75 bits per heavy atom. The number of hydrogen-bond donors (Lipinski definition) is 0. The molecular formula is C7H8BrClN2O. The van der Waals surface area contributed by atoms with Crippen LogP contribution in [0.2, 0.25) is 5.15 Å². The maximum atomic E-state index is 11.4. The Morgan fingerprint density at radius 1 is 1.67 bits per heavy atom. The van der Waals surface area contributed by atoms with Crippen molar-refractivity contribution in [1.29, 1.82) is 0 Å². The summed E-state index contributed by atoms with van der Waals surface area (Å²) in [5.74, 6) is 0. The van der Waals surface area contributed by atoms with Crippen LogP contribution in [-0.4, -0.2) is 9.55 Å². The number of aromatic nitrogens is 2.